The third-order valence-corrected chi connectivity index (χ3v) is 3.48. The van der Waals surface area contributed by atoms with Gasteiger partial charge in [-0.1, -0.05) is 12.1 Å². The second-order valence-electron chi connectivity index (χ2n) is 5.52. The highest BCUT2D eigenvalue weighted by molar-refractivity contribution is 5.98. The van der Waals surface area contributed by atoms with Crippen LogP contribution in [0.25, 0.3) is 0 Å². The van der Waals surface area contributed by atoms with E-state index in [0.717, 1.165) is 12.1 Å². The van der Waals surface area contributed by atoms with Gasteiger partial charge < -0.3 is 10.1 Å². The number of rotatable bonds is 7. The number of nitrogens with one attached hydrogen (secondary N) is 2. The molecule has 148 valence electrons. The van der Waals surface area contributed by atoms with Crippen LogP contribution in [0.2, 0.25) is 0 Å². The van der Waals surface area contributed by atoms with Gasteiger partial charge in [0.1, 0.15) is 5.75 Å². The van der Waals surface area contributed by atoms with Gasteiger partial charge in [0.05, 0.1) is 30.5 Å². The molecule has 2 aromatic carbocycles. The number of hydrazone groups is 1. The van der Waals surface area contributed by atoms with E-state index in [-0.39, 0.29) is 0 Å². The van der Waals surface area contributed by atoms with Gasteiger partial charge in [0.25, 0.3) is 11.8 Å². The van der Waals surface area contributed by atoms with Crippen LogP contribution in [0.15, 0.2) is 53.6 Å². The van der Waals surface area contributed by atoms with Crippen molar-refractivity contribution in [3.05, 3.63) is 65.2 Å². The van der Waals surface area contributed by atoms with Crippen molar-refractivity contribution in [1.82, 2.24) is 10.7 Å². The molecule has 0 aliphatic heterocycles. The van der Waals surface area contributed by atoms with Gasteiger partial charge in [-0.05, 0) is 48.9 Å². The van der Waals surface area contributed by atoms with Crippen LogP contribution >= 0.6 is 0 Å². The number of amides is 2. The highest BCUT2D eigenvalue weighted by Gasteiger charge is 2.34. The number of benzene rings is 2. The number of ether oxygens (including phenoxy) is 1. The number of alkyl halides is 3. The number of carbonyl (C=O) groups excluding carboxylic acids is 2. The Morgan fingerprint density at radius 2 is 1.79 bits per heavy atom. The molecule has 0 aliphatic carbocycles. The van der Waals surface area contributed by atoms with E-state index in [1.165, 1.54) is 18.3 Å². The van der Waals surface area contributed by atoms with Gasteiger partial charge in [-0.15, -0.1) is 0 Å². The second-order valence-corrected chi connectivity index (χ2v) is 5.52. The fraction of sp³-hybridized carbons (Fsp3) is 0.211. The molecule has 0 bridgehead atoms. The Labute approximate surface area is 159 Å². The summed E-state index contributed by atoms with van der Waals surface area (Å²) in [5.74, 6) is -0.982. The van der Waals surface area contributed by atoms with Crippen LogP contribution in [-0.2, 0) is 11.0 Å². The summed E-state index contributed by atoms with van der Waals surface area (Å²) in [5.41, 5.74) is 1.26. The van der Waals surface area contributed by atoms with E-state index in [1.54, 1.807) is 24.3 Å². The summed E-state index contributed by atoms with van der Waals surface area (Å²) in [4.78, 5) is 23.7. The van der Waals surface area contributed by atoms with E-state index in [0.29, 0.717) is 17.9 Å². The largest absolute Gasteiger partial charge is 0.494 e. The molecule has 2 amide bonds. The fourth-order valence-corrected chi connectivity index (χ4v) is 2.22. The quantitative estimate of drug-likeness (QED) is 0.561. The molecule has 0 fully saturated rings. The molecule has 0 radical (unpaired) electrons. The summed E-state index contributed by atoms with van der Waals surface area (Å²) in [6.07, 6.45) is -3.29. The molecule has 28 heavy (non-hydrogen) atoms. The van der Waals surface area contributed by atoms with E-state index < -0.39 is 35.7 Å². The average molecular weight is 393 g/mol. The Morgan fingerprint density at radius 3 is 2.43 bits per heavy atom. The number of hydrogen-bond donors (Lipinski definition) is 2. The topological polar surface area (TPSA) is 79.8 Å². The third-order valence-electron chi connectivity index (χ3n) is 3.48. The monoisotopic (exact) mass is 393 g/mol. The predicted octanol–water partition coefficient (Wildman–Crippen LogP) is 2.98. The van der Waals surface area contributed by atoms with E-state index in [4.69, 9.17) is 4.74 Å². The van der Waals surface area contributed by atoms with Gasteiger partial charge in [-0.3, -0.25) is 9.59 Å². The van der Waals surface area contributed by atoms with Crippen LogP contribution in [0, 0.1) is 0 Å². The Kier molecular flexibility index (Phi) is 7.14. The van der Waals surface area contributed by atoms with Crippen LogP contribution in [-0.4, -0.2) is 31.2 Å². The maximum absolute atomic E-state index is 12.9. The van der Waals surface area contributed by atoms with Crippen LogP contribution in [0.4, 0.5) is 13.2 Å². The zero-order valence-corrected chi connectivity index (χ0v) is 14.9. The minimum Gasteiger partial charge on any atom is -0.494 e. The lowest BCUT2D eigenvalue weighted by molar-refractivity contribution is -0.137. The van der Waals surface area contributed by atoms with Gasteiger partial charge in [0, 0.05) is 0 Å². The summed E-state index contributed by atoms with van der Waals surface area (Å²) in [7, 11) is 0. The summed E-state index contributed by atoms with van der Waals surface area (Å²) >= 11 is 0. The van der Waals surface area contributed by atoms with Crippen molar-refractivity contribution in [2.75, 3.05) is 13.2 Å². The Hall–Kier alpha value is -3.36. The molecule has 0 aromatic heterocycles. The van der Waals surface area contributed by atoms with Gasteiger partial charge in [-0.25, -0.2) is 5.43 Å². The first-order valence-corrected chi connectivity index (χ1v) is 8.30. The van der Waals surface area contributed by atoms with E-state index in [1.807, 2.05) is 6.92 Å². The zero-order valence-electron chi connectivity index (χ0n) is 14.9. The number of halogens is 3. The summed E-state index contributed by atoms with van der Waals surface area (Å²) in [5, 5.41) is 5.87. The lowest BCUT2D eigenvalue weighted by atomic mass is 10.1. The van der Waals surface area contributed by atoms with Crippen molar-refractivity contribution in [2.24, 2.45) is 5.10 Å². The van der Waals surface area contributed by atoms with Crippen LogP contribution in [0.1, 0.15) is 28.4 Å². The van der Waals surface area contributed by atoms with Crippen molar-refractivity contribution < 1.29 is 27.5 Å². The van der Waals surface area contributed by atoms with Crippen LogP contribution in [0.3, 0.4) is 0 Å². The van der Waals surface area contributed by atoms with Gasteiger partial charge >= 0.3 is 6.18 Å². The number of carbonyl (C=O) groups is 2. The smallest absolute Gasteiger partial charge is 0.417 e. The van der Waals surface area contributed by atoms with Crippen LogP contribution in [0.5, 0.6) is 5.75 Å². The normalized spacial score (nSPS) is 11.3. The maximum Gasteiger partial charge on any atom is 0.417 e. The van der Waals surface area contributed by atoms with E-state index >= 15 is 0 Å². The fourth-order valence-electron chi connectivity index (χ4n) is 2.22. The molecule has 2 aromatic rings. The lowest BCUT2D eigenvalue weighted by Crippen LogP contribution is -2.35. The molecule has 2 N–H and O–H groups in total. The SMILES string of the molecule is CCOc1ccc(/C=N/NC(=O)CNC(=O)c2ccccc2C(F)(F)F)cc1. The second kappa shape index (κ2) is 9.54. The zero-order chi connectivity index (χ0) is 20.6. The summed E-state index contributed by atoms with van der Waals surface area (Å²) in [6.45, 7) is 1.89. The third kappa shape index (κ3) is 6.11. The van der Waals surface area contributed by atoms with Crippen molar-refractivity contribution in [2.45, 2.75) is 13.1 Å². The molecule has 0 unspecified atom stereocenters. The molecule has 0 saturated heterocycles. The first-order chi connectivity index (χ1) is 13.3. The Balaban J connectivity index is 1.86. The predicted molar refractivity (Wildman–Crippen MR) is 97.1 cm³/mol. The van der Waals surface area contributed by atoms with Crippen molar-refractivity contribution in [3.8, 4) is 5.75 Å². The van der Waals surface area contributed by atoms with Crippen molar-refractivity contribution in [3.63, 3.8) is 0 Å². The van der Waals surface area contributed by atoms with Gasteiger partial charge in [0.15, 0.2) is 0 Å². The average Bonchev–Trinajstić information content (AvgIpc) is 2.67. The number of nitrogens with zero attached hydrogens (tertiary/aromatic N) is 1. The minimum absolute atomic E-state index is 0.522. The standard InChI is InChI=1S/C19H18F3N3O3/c1-2-28-14-9-7-13(8-10-14)11-24-25-17(26)12-23-18(27)15-5-3-4-6-16(15)19(20,21)22/h3-11H,2,12H2,1H3,(H,23,27)(H,25,26)/b24-11+. The highest BCUT2D eigenvalue weighted by atomic mass is 19.4. The van der Waals surface area contributed by atoms with Crippen molar-refractivity contribution >= 4 is 18.0 Å². The molecule has 0 spiro atoms. The molecule has 0 heterocycles. The molecule has 0 atom stereocenters. The molecule has 9 heteroatoms. The first-order valence-electron chi connectivity index (χ1n) is 8.30. The van der Waals surface area contributed by atoms with E-state index in [9.17, 15) is 22.8 Å². The molecule has 2 rings (SSSR count). The molecular weight excluding hydrogens is 375 g/mol. The Bertz CT molecular complexity index is 849. The van der Waals surface area contributed by atoms with E-state index in [2.05, 4.69) is 15.8 Å². The maximum atomic E-state index is 12.9. The first kappa shape index (κ1) is 20.9. The van der Waals surface area contributed by atoms with Gasteiger partial charge in [0.2, 0.25) is 0 Å². The molecule has 6 nitrogen and oxygen atoms in total. The molecular formula is C19H18F3N3O3. The lowest BCUT2D eigenvalue weighted by Gasteiger charge is -2.12. The van der Waals surface area contributed by atoms with Crippen LogP contribution < -0.4 is 15.5 Å². The highest BCUT2D eigenvalue weighted by Crippen LogP contribution is 2.31. The Morgan fingerprint density at radius 1 is 1.11 bits per heavy atom. The summed E-state index contributed by atoms with van der Waals surface area (Å²) < 4.78 is 44.0. The molecule has 0 saturated carbocycles. The van der Waals surface area contributed by atoms with Gasteiger partial charge in [-0.2, -0.15) is 18.3 Å². The minimum atomic E-state index is -4.67. The summed E-state index contributed by atoms with van der Waals surface area (Å²) in [6, 6.07) is 11.3. The van der Waals surface area contributed by atoms with Crippen molar-refractivity contribution in [1.29, 1.82) is 0 Å². The number of hydrogen-bond acceptors (Lipinski definition) is 4. The molecule has 0 aliphatic rings.